The van der Waals surface area contributed by atoms with Gasteiger partial charge < -0.3 is 15.3 Å². The third kappa shape index (κ3) is 2.86. The van der Waals surface area contributed by atoms with Gasteiger partial charge in [0.05, 0.1) is 0 Å². The quantitative estimate of drug-likeness (QED) is 0.874. The number of benzene rings is 1. The van der Waals surface area contributed by atoms with E-state index in [0.29, 0.717) is 17.7 Å². The first-order valence-electron chi connectivity index (χ1n) is 7.31. The van der Waals surface area contributed by atoms with Crippen molar-refractivity contribution in [2.24, 2.45) is 5.92 Å². The zero-order valence-corrected chi connectivity index (χ0v) is 12.5. The number of hydrogen-bond acceptors (Lipinski definition) is 3. The average Bonchev–Trinajstić information content (AvgIpc) is 2.87. The SMILES string of the molecule is CNC(C)c1ccc(N2CCCC2C(C)C)cc1O. The van der Waals surface area contributed by atoms with Gasteiger partial charge in [0.15, 0.2) is 0 Å². The molecule has 0 radical (unpaired) electrons. The van der Waals surface area contributed by atoms with Gasteiger partial charge in [-0.15, -0.1) is 0 Å². The molecule has 0 amide bonds. The van der Waals surface area contributed by atoms with Crippen LogP contribution in [0, 0.1) is 5.92 Å². The molecule has 2 atom stereocenters. The lowest BCUT2D eigenvalue weighted by Crippen LogP contribution is -2.33. The summed E-state index contributed by atoms with van der Waals surface area (Å²) in [5.74, 6) is 1.05. The molecule has 1 aromatic rings. The zero-order chi connectivity index (χ0) is 14.0. The Hall–Kier alpha value is -1.22. The number of phenolic OH excluding ortho intramolecular Hbond substituents is 1. The van der Waals surface area contributed by atoms with Crippen molar-refractivity contribution in [2.45, 2.75) is 45.7 Å². The van der Waals surface area contributed by atoms with Crippen LogP contribution in [0.15, 0.2) is 18.2 Å². The highest BCUT2D eigenvalue weighted by molar-refractivity contribution is 5.55. The monoisotopic (exact) mass is 262 g/mol. The van der Waals surface area contributed by atoms with Crippen molar-refractivity contribution in [1.82, 2.24) is 5.32 Å². The van der Waals surface area contributed by atoms with E-state index in [1.54, 1.807) is 0 Å². The fourth-order valence-corrected chi connectivity index (χ4v) is 3.04. The second-order valence-corrected chi connectivity index (χ2v) is 5.90. The van der Waals surface area contributed by atoms with Crippen LogP contribution >= 0.6 is 0 Å². The van der Waals surface area contributed by atoms with E-state index in [4.69, 9.17) is 0 Å². The number of nitrogens with zero attached hydrogens (tertiary/aromatic N) is 1. The van der Waals surface area contributed by atoms with E-state index >= 15 is 0 Å². The fraction of sp³-hybridized carbons (Fsp3) is 0.625. The maximum atomic E-state index is 10.2. The molecule has 2 rings (SSSR count). The van der Waals surface area contributed by atoms with Crippen molar-refractivity contribution in [3.63, 3.8) is 0 Å². The van der Waals surface area contributed by atoms with Gasteiger partial charge in [0.1, 0.15) is 5.75 Å². The Balaban J connectivity index is 2.24. The van der Waals surface area contributed by atoms with E-state index in [1.165, 1.54) is 12.8 Å². The molecule has 0 bridgehead atoms. The summed E-state index contributed by atoms with van der Waals surface area (Å²) in [6, 6.07) is 6.88. The van der Waals surface area contributed by atoms with Gasteiger partial charge in [0.2, 0.25) is 0 Å². The van der Waals surface area contributed by atoms with E-state index in [0.717, 1.165) is 17.8 Å². The normalized spacial score (nSPS) is 21.1. The van der Waals surface area contributed by atoms with Crippen molar-refractivity contribution in [2.75, 3.05) is 18.5 Å². The summed E-state index contributed by atoms with van der Waals surface area (Å²) in [7, 11) is 1.91. The molecule has 106 valence electrons. The molecular formula is C16H26N2O. The molecule has 1 aromatic carbocycles. The van der Waals surface area contributed by atoms with E-state index in [-0.39, 0.29) is 6.04 Å². The summed E-state index contributed by atoms with van der Waals surface area (Å²) in [5.41, 5.74) is 2.12. The molecule has 1 fully saturated rings. The predicted octanol–water partition coefficient (Wildman–Crippen LogP) is 3.30. The largest absolute Gasteiger partial charge is 0.508 e. The molecule has 2 unspecified atom stereocenters. The Bertz CT molecular complexity index is 431. The minimum atomic E-state index is 0.175. The number of nitrogens with one attached hydrogen (secondary N) is 1. The van der Waals surface area contributed by atoms with Crippen LogP contribution < -0.4 is 10.2 Å². The lowest BCUT2D eigenvalue weighted by molar-refractivity contribution is 0.456. The van der Waals surface area contributed by atoms with Crippen molar-refractivity contribution in [1.29, 1.82) is 0 Å². The molecule has 1 aliphatic rings. The number of rotatable bonds is 4. The Morgan fingerprint density at radius 1 is 1.32 bits per heavy atom. The lowest BCUT2D eigenvalue weighted by Gasteiger charge is -2.30. The second kappa shape index (κ2) is 5.83. The predicted molar refractivity (Wildman–Crippen MR) is 80.8 cm³/mol. The summed E-state index contributed by atoms with van der Waals surface area (Å²) in [6.45, 7) is 7.71. The first-order valence-corrected chi connectivity index (χ1v) is 7.31. The molecule has 0 aromatic heterocycles. The highest BCUT2D eigenvalue weighted by atomic mass is 16.3. The van der Waals surface area contributed by atoms with Crippen molar-refractivity contribution >= 4 is 5.69 Å². The van der Waals surface area contributed by atoms with Crippen molar-refractivity contribution in [3.05, 3.63) is 23.8 Å². The highest BCUT2D eigenvalue weighted by Gasteiger charge is 2.27. The van der Waals surface area contributed by atoms with Crippen molar-refractivity contribution in [3.8, 4) is 5.75 Å². The van der Waals surface area contributed by atoms with Crippen LogP contribution in [0.4, 0.5) is 5.69 Å². The molecular weight excluding hydrogens is 236 g/mol. The molecule has 0 spiro atoms. The van der Waals surface area contributed by atoms with Crippen LogP contribution in [-0.2, 0) is 0 Å². The summed E-state index contributed by atoms with van der Waals surface area (Å²) >= 11 is 0. The van der Waals surface area contributed by atoms with Crippen LogP contribution in [0.2, 0.25) is 0 Å². The minimum absolute atomic E-state index is 0.175. The van der Waals surface area contributed by atoms with Gasteiger partial charge in [0, 0.05) is 35.9 Å². The first kappa shape index (κ1) is 14.2. The van der Waals surface area contributed by atoms with Crippen LogP contribution in [0.25, 0.3) is 0 Å². The Morgan fingerprint density at radius 2 is 2.05 bits per heavy atom. The van der Waals surface area contributed by atoms with Crippen LogP contribution in [0.1, 0.15) is 45.2 Å². The Kier molecular flexibility index (Phi) is 4.35. The molecule has 1 aliphatic heterocycles. The molecule has 19 heavy (non-hydrogen) atoms. The van der Waals surface area contributed by atoms with E-state index in [2.05, 4.69) is 37.1 Å². The van der Waals surface area contributed by atoms with Crippen molar-refractivity contribution < 1.29 is 5.11 Å². The van der Waals surface area contributed by atoms with Gasteiger partial charge in [-0.25, -0.2) is 0 Å². The van der Waals surface area contributed by atoms with Crippen LogP contribution in [0.3, 0.4) is 0 Å². The number of aromatic hydroxyl groups is 1. The first-order chi connectivity index (χ1) is 9.04. The smallest absolute Gasteiger partial charge is 0.122 e. The summed E-state index contributed by atoms with van der Waals surface area (Å²) < 4.78 is 0. The maximum Gasteiger partial charge on any atom is 0.122 e. The number of hydrogen-bond donors (Lipinski definition) is 2. The number of phenols is 1. The molecule has 0 aliphatic carbocycles. The van der Waals surface area contributed by atoms with E-state index in [9.17, 15) is 5.11 Å². The topological polar surface area (TPSA) is 35.5 Å². The minimum Gasteiger partial charge on any atom is -0.508 e. The Morgan fingerprint density at radius 3 is 2.63 bits per heavy atom. The lowest BCUT2D eigenvalue weighted by atomic mass is 10.0. The third-order valence-corrected chi connectivity index (χ3v) is 4.31. The standard InChI is InChI=1S/C16H26N2O/c1-11(2)15-6-5-9-18(15)13-7-8-14(12(3)17-4)16(19)10-13/h7-8,10-12,15,17,19H,5-6,9H2,1-4H3. The molecule has 1 heterocycles. The highest BCUT2D eigenvalue weighted by Crippen LogP contribution is 2.34. The molecule has 3 nitrogen and oxygen atoms in total. The van der Waals surface area contributed by atoms with Crippen LogP contribution in [-0.4, -0.2) is 24.7 Å². The Labute approximate surface area is 116 Å². The summed E-state index contributed by atoms with van der Waals surface area (Å²) in [4.78, 5) is 2.44. The maximum absolute atomic E-state index is 10.2. The summed E-state index contributed by atoms with van der Waals surface area (Å²) in [6.07, 6.45) is 2.51. The zero-order valence-electron chi connectivity index (χ0n) is 12.5. The second-order valence-electron chi connectivity index (χ2n) is 5.90. The molecule has 2 N–H and O–H groups in total. The molecule has 3 heteroatoms. The van der Waals surface area contributed by atoms with E-state index in [1.807, 2.05) is 19.2 Å². The van der Waals surface area contributed by atoms with E-state index < -0.39 is 0 Å². The van der Waals surface area contributed by atoms with Crippen LogP contribution in [0.5, 0.6) is 5.75 Å². The third-order valence-electron chi connectivity index (χ3n) is 4.31. The van der Waals surface area contributed by atoms with Gasteiger partial charge >= 0.3 is 0 Å². The van der Waals surface area contributed by atoms with Gasteiger partial charge in [-0.2, -0.15) is 0 Å². The number of anilines is 1. The fourth-order valence-electron chi connectivity index (χ4n) is 3.04. The van der Waals surface area contributed by atoms with Gasteiger partial charge in [-0.1, -0.05) is 19.9 Å². The summed E-state index contributed by atoms with van der Waals surface area (Å²) in [5, 5.41) is 13.4. The molecule has 1 saturated heterocycles. The van der Waals surface area contributed by atoms with Gasteiger partial charge in [0.25, 0.3) is 0 Å². The average molecular weight is 262 g/mol. The van der Waals surface area contributed by atoms with Gasteiger partial charge in [-0.3, -0.25) is 0 Å². The molecule has 0 saturated carbocycles. The van der Waals surface area contributed by atoms with Gasteiger partial charge in [-0.05, 0) is 38.8 Å².